The first-order valence-corrected chi connectivity index (χ1v) is 16.3. The third-order valence-electron chi connectivity index (χ3n) is 14.2. The van der Waals surface area contributed by atoms with Crippen molar-refractivity contribution in [3.63, 3.8) is 0 Å². The molecule has 6 rings (SSSR count). The largest absolute Gasteiger partial charge is 0.461 e. The Morgan fingerprint density at radius 2 is 1.54 bits per heavy atom. The summed E-state index contributed by atoms with van der Waals surface area (Å²) in [6, 6.07) is 0. The van der Waals surface area contributed by atoms with Crippen molar-refractivity contribution in [2.24, 2.45) is 50.2 Å². The average molecular weight is 577 g/mol. The van der Waals surface area contributed by atoms with E-state index in [9.17, 15) is 25.2 Å². The standard InChI is InChI=1S/C34H56O7/c1-27(2,3)26(37)40-20-17-31(9)21-16-19(35)24-28(4,5)22(36)10-12-33(24)18-32(21,33)15-14-30(31,8)25(20)34(39)13-11-23(41-34)29(6,7)38/h19-25,35-36,38-39H,10-18H2,1-9H3/t19-,20-,21-,22-,23-,24-,25?,30+,31-,32-,33?,34+/m0/s1. The number of carbonyl (C=O) groups is 1. The molecule has 1 aliphatic heterocycles. The summed E-state index contributed by atoms with van der Waals surface area (Å²) in [6.07, 6.45) is 5.02. The van der Waals surface area contributed by atoms with E-state index in [1.54, 1.807) is 13.8 Å². The van der Waals surface area contributed by atoms with E-state index in [-0.39, 0.29) is 39.5 Å². The number of rotatable bonds is 3. The molecule has 2 unspecified atom stereocenters. The quantitative estimate of drug-likeness (QED) is 0.351. The van der Waals surface area contributed by atoms with Gasteiger partial charge >= 0.3 is 5.97 Å². The first-order chi connectivity index (χ1) is 18.6. The predicted octanol–water partition coefficient (Wildman–Crippen LogP) is 4.96. The highest BCUT2D eigenvalue weighted by Crippen LogP contribution is 2.89. The summed E-state index contributed by atoms with van der Waals surface area (Å²) >= 11 is 0. The first-order valence-electron chi connectivity index (χ1n) is 16.3. The van der Waals surface area contributed by atoms with E-state index in [1.165, 1.54) is 0 Å². The number of hydrogen-bond donors (Lipinski definition) is 4. The molecule has 0 aromatic heterocycles. The zero-order valence-electron chi connectivity index (χ0n) is 26.9. The molecule has 1 heterocycles. The van der Waals surface area contributed by atoms with Crippen molar-refractivity contribution in [1.82, 2.24) is 0 Å². The molecule has 0 aromatic carbocycles. The summed E-state index contributed by atoms with van der Waals surface area (Å²) in [6.45, 7) is 17.9. The Labute approximate surface area is 246 Å². The summed E-state index contributed by atoms with van der Waals surface area (Å²) in [5, 5.41) is 46.0. The second kappa shape index (κ2) is 8.50. The van der Waals surface area contributed by atoms with Crippen molar-refractivity contribution < 1.29 is 34.7 Å². The topological polar surface area (TPSA) is 116 Å². The highest BCUT2D eigenvalue weighted by Gasteiger charge is 2.85. The lowest BCUT2D eigenvalue weighted by atomic mass is 9.41. The fraction of sp³-hybridized carbons (Fsp3) is 0.971. The Hall–Kier alpha value is -0.730. The van der Waals surface area contributed by atoms with Gasteiger partial charge in [0, 0.05) is 6.42 Å². The molecule has 5 saturated carbocycles. The van der Waals surface area contributed by atoms with Crippen LogP contribution in [0.15, 0.2) is 0 Å². The SMILES string of the molecule is CC(C)(C)C(=O)O[C@H]1C[C@@]2(C)[C@@H]3C[C@H](O)[C@H]4C(C)(C)[C@@H](O)CCC45C[C@@]35CC[C@]2(C)C1[C@@]1(O)CC[C@@H](C(C)(C)O)O1. The van der Waals surface area contributed by atoms with Gasteiger partial charge in [-0.25, -0.2) is 0 Å². The maximum Gasteiger partial charge on any atom is 0.311 e. The van der Waals surface area contributed by atoms with Crippen LogP contribution in [0, 0.1) is 50.2 Å². The predicted molar refractivity (Wildman–Crippen MR) is 154 cm³/mol. The molecule has 2 spiro atoms. The van der Waals surface area contributed by atoms with E-state index >= 15 is 0 Å². The summed E-state index contributed by atoms with van der Waals surface area (Å²) in [5.41, 5.74) is -2.66. The highest BCUT2D eigenvalue weighted by atomic mass is 16.6. The average Bonchev–Trinajstić information content (AvgIpc) is 3.17. The van der Waals surface area contributed by atoms with Crippen LogP contribution in [0.3, 0.4) is 0 Å². The molecule has 0 amide bonds. The molecule has 6 aliphatic rings. The minimum atomic E-state index is -1.52. The lowest BCUT2D eigenvalue weighted by Crippen LogP contribution is -2.62. The zero-order valence-corrected chi connectivity index (χ0v) is 26.9. The number of esters is 1. The van der Waals surface area contributed by atoms with Crippen LogP contribution >= 0.6 is 0 Å². The van der Waals surface area contributed by atoms with Crippen molar-refractivity contribution in [3.05, 3.63) is 0 Å². The number of ether oxygens (including phenoxy) is 2. The van der Waals surface area contributed by atoms with Crippen molar-refractivity contribution in [2.75, 3.05) is 0 Å². The Balaban J connectivity index is 1.41. The number of hydrogen-bond acceptors (Lipinski definition) is 7. The highest BCUT2D eigenvalue weighted by molar-refractivity contribution is 5.75. The monoisotopic (exact) mass is 576 g/mol. The molecule has 0 radical (unpaired) electrons. The fourth-order valence-corrected chi connectivity index (χ4v) is 12.1. The Morgan fingerprint density at radius 1 is 0.878 bits per heavy atom. The van der Waals surface area contributed by atoms with Gasteiger partial charge in [0.1, 0.15) is 6.10 Å². The van der Waals surface area contributed by atoms with Crippen LogP contribution in [0.5, 0.6) is 0 Å². The second-order valence-electron chi connectivity index (χ2n) is 18.1. The van der Waals surface area contributed by atoms with Crippen LogP contribution in [0.4, 0.5) is 0 Å². The molecule has 12 atom stereocenters. The summed E-state index contributed by atoms with van der Waals surface area (Å²) in [4.78, 5) is 13.4. The second-order valence-corrected chi connectivity index (χ2v) is 18.1. The lowest BCUT2D eigenvalue weighted by Gasteiger charge is -2.64. The molecule has 41 heavy (non-hydrogen) atoms. The number of carbonyl (C=O) groups excluding carboxylic acids is 1. The molecular weight excluding hydrogens is 520 g/mol. The molecule has 0 aromatic rings. The first kappa shape index (κ1) is 30.3. The van der Waals surface area contributed by atoms with Gasteiger partial charge in [-0.3, -0.25) is 4.79 Å². The summed E-state index contributed by atoms with van der Waals surface area (Å²) in [7, 11) is 0. The van der Waals surface area contributed by atoms with E-state index < -0.39 is 52.6 Å². The van der Waals surface area contributed by atoms with Gasteiger partial charge in [-0.1, -0.05) is 27.7 Å². The summed E-state index contributed by atoms with van der Waals surface area (Å²) in [5.74, 6) is -1.93. The zero-order chi connectivity index (χ0) is 30.4. The number of aliphatic hydroxyl groups is 4. The van der Waals surface area contributed by atoms with E-state index in [4.69, 9.17) is 9.47 Å². The van der Waals surface area contributed by atoms with Crippen LogP contribution in [0.2, 0.25) is 0 Å². The molecule has 234 valence electrons. The van der Waals surface area contributed by atoms with Crippen LogP contribution in [0.25, 0.3) is 0 Å². The molecular formula is C34H56O7. The van der Waals surface area contributed by atoms with Crippen LogP contribution in [-0.4, -0.2) is 62.2 Å². The third kappa shape index (κ3) is 3.77. The van der Waals surface area contributed by atoms with Gasteiger partial charge in [-0.2, -0.15) is 0 Å². The Kier molecular flexibility index (Phi) is 6.28. The van der Waals surface area contributed by atoms with E-state index in [1.807, 2.05) is 20.8 Å². The van der Waals surface area contributed by atoms with Gasteiger partial charge in [-0.05, 0) is 125 Å². The molecule has 0 bridgehead atoms. The molecule has 1 saturated heterocycles. The fourth-order valence-electron chi connectivity index (χ4n) is 12.1. The van der Waals surface area contributed by atoms with Gasteiger partial charge < -0.3 is 29.9 Å². The maximum atomic E-state index is 13.4. The third-order valence-corrected chi connectivity index (χ3v) is 14.2. The Morgan fingerprint density at radius 3 is 2.12 bits per heavy atom. The van der Waals surface area contributed by atoms with Crippen LogP contribution < -0.4 is 0 Å². The number of fused-ring (bicyclic) bond motifs is 2. The van der Waals surface area contributed by atoms with Crippen LogP contribution in [0.1, 0.15) is 120 Å². The van der Waals surface area contributed by atoms with Gasteiger partial charge in [-0.15, -0.1) is 0 Å². The number of aliphatic hydroxyl groups excluding tert-OH is 2. The smallest absolute Gasteiger partial charge is 0.311 e. The van der Waals surface area contributed by atoms with Crippen LogP contribution in [-0.2, 0) is 14.3 Å². The molecule has 5 aliphatic carbocycles. The van der Waals surface area contributed by atoms with Gasteiger partial charge in [0.25, 0.3) is 0 Å². The minimum Gasteiger partial charge on any atom is -0.461 e. The van der Waals surface area contributed by atoms with E-state index in [0.717, 1.165) is 32.1 Å². The van der Waals surface area contributed by atoms with Crippen molar-refractivity contribution >= 4 is 5.97 Å². The molecule has 7 heteroatoms. The van der Waals surface area contributed by atoms with Crippen molar-refractivity contribution in [2.45, 2.75) is 156 Å². The Bertz CT molecular complexity index is 1110. The van der Waals surface area contributed by atoms with Gasteiger partial charge in [0.15, 0.2) is 5.79 Å². The maximum absolute atomic E-state index is 13.4. The minimum absolute atomic E-state index is 0.0326. The molecule has 7 nitrogen and oxygen atoms in total. The lowest BCUT2D eigenvalue weighted by molar-refractivity contribution is -0.287. The van der Waals surface area contributed by atoms with Gasteiger partial charge in [0.2, 0.25) is 0 Å². The summed E-state index contributed by atoms with van der Waals surface area (Å²) < 4.78 is 12.8. The van der Waals surface area contributed by atoms with E-state index in [2.05, 4.69) is 27.7 Å². The van der Waals surface area contributed by atoms with Gasteiger partial charge in [0.05, 0.1) is 35.2 Å². The molecule has 6 fully saturated rings. The molecule has 4 N–H and O–H groups in total. The van der Waals surface area contributed by atoms with Crippen molar-refractivity contribution in [1.29, 1.82) is 0 Å². The normalized spacial score (nSPS) is 54.0. The van der Waals surface area contributed by atoms with E-state index in [0.29, 0.717) is 25.7 Å². The van der Waals surface area contributed by atoms with Crippen molar-refractivity contribution in [3.8, 4) is 0 Å².